The van der Waals surface area contributed by atoms with Gasteiger partial charge in [-0.3, -0.25) is 0 Å². The van der Waals surface area contributed by atoms with Crippen LogP contribution in [0.2, 0.25) is 0 Å². The van der Waals surface area contributed by atoms with Crippen LogP contribution in [0.3, 0.4) is 0 Å². The van der Waals surface area contributed by atoms with Crippen LogP contribution in [0.5, 0.6) is 5.75 Å². The number of aromatic nitrogens is 3. The monoisotopic (exact) mass is 437 g/mol. The Kier molecular flexibility index (Phi) is 9.48. The van der Waals surface area contributed by atoms with Crippen LogP contribution in [-0.4, -0.2) is 16.7 Å². The minimum absolute atomic E-state index is 0.883. The SMILES string of the molecule is CCCCCCCCn1c(-c2ccc(OC)cc2)c[n+]2cccnc12.[O-][Cl+3]([O-])([O-])[O-]. The van der Waals surface area contributed by atoms with Crippen molar-refractivity contribution in [1.29, 1.82) is 0 Å². The molecule has 164 valence electrons. The molecule has 30 heavy (non-hydrogen) atoms. The van der Waals surface area contributed by atoms with E-state index in [1.165, 1.54) is 49.8 Å². The largest absolute Gasteiger partial charge is 0.497 e. The summed E-state index contributed by atoms with van der Waals surface area (Å²) in [6, 6.07) is 10.2. The van der Waals surface area contributed by atoms with E-state index in [1.807, 2.05) is 24.4 Å². The lowest BCUT2D eigenvalue weighted by atomic mass is 10.1. The van der Waals surface area contributed by atoms with Crippen molar-refractivity contribution in [2.24, 2.45) is 0 Å². The van der Waals surface area contributed by atoms with Crippen LogP contribution in [0.4, 0.5) is 0 Å². The Morgan fingerprint density at radius 1 is 1.00 bits per heavy atom. The Labute approximate surface area is 178 Å². The summed E-state index contributed by atoms with van der Waals surface area (Å²) < 4.78 is 43.7. The molecular weight excluding hydrogens is 410 g/mol. The second-order valence-electron chi connectivity index (χ2n) is 6.87. The summed E-state index contributed by atoms with van der Waals surface area (Å²) in [6.45, 7) is 3.26. The summed E-state index contributed by atoms with van der Waals surface area (Å²) in [5.74, 6) is 1.88. The number of fused-ring (bicyclic) bond motifs is 1. The highest BCUT2D eigenvalue weighted by Gasteiger charge is 2.18. The smallest absolute Gasteiger partial charge is 0.403 e. The molecular formula is C21H28ClN3O5. The summed E-state index contributed by atoms with van der Waals surface area (Å²) in [6.07, 6.45) is 13.9. The fourth-order valence-electron chi connectivity index (χ4n) is 3.26. The second kappa shape index (κ2) is 11.8. The van der Waals surface area contributed by atoms with E-state index in [2.05, 4.69) is 45.4 Å². The lowest BCUT2D eigenvalue weighted by Gasteiger charge is -2.17. The minimum Gasteiger partial charge on any atom is -0.497 e. The molecule has 8 nitrogen and oxygen atoms in total. The third-order valence-electron chi connectivity index (χ3n) is 4.67. The number of unbranched alkanes of at least 4 members (excludes halogenated alkanes) is 5. The van der Waals surface area contributed by atoms with Crippen molar-refractivity contribution in [3.63, 3.8) is 0 Å². The number of rotatable bonds is 9. The molecule has 3 aromatic rings. The van der Waals surface area contributed by atoms with E-state index >= 15 is 0 Å². The van der Waals surface area contributed by atoms with Gasteiger partial charge in [0.2, 0.25) is 0 Å². The Bertz CT molecular complexity index is 888. The fourth-order valence-corrected chi connectivity index (χ4v) is 3.26. The van der Waals surface area contributed by atoms with E-state index in [0.717, 1.165) is 18.1 Å². The predicted molar refractivity (Wildman–Crippen MR) is 101 cm³/mol. The number of ether oxygens (including phenoxy) is 1. The van der Waals surface area contributed by atoms with E-state index in [1.54, 1.807) is 7.11 Å². The van der Waals surface area contributed by atoms with Gasteiger partial charge in [0.05, 0.1) is 19.9 Å². The summed E-state index contributed by atoms with van der Waals surface area (Å²) in [4.78, 5) is 4.59. The number of imidazole rings is 1. The van der Waals surface area contributed by atoms with Gasteiger partial charge in [-0.15, -0.1) is 10.2 Å². The number of benzene rings is 1. The molecule has 0 spiro atoms. The molecule has 0 saturated heterocycles. The number of hydrogen-bond donors (Lipinski definition) is 0. The molecule has 0 radical (unpaired) electrons. The molecule has 0 bridgehead atoms. The second-order valence-corrected chi connectivity index (χ2v) is 7.62. The highest BCUT2D eigenvalue weighted by atomic mass is 35.7. The molecule has 0 aliphatic rings. The van der Waals surface area contributed by atoms with Gasteiger partial charge in [-0.25, -0.2) is 27.6 Å². The minimum atomic E-state index is -4.94. The number of nitrogens with zero attached hydrogens (tertiary/aromatic N) is 3. The van der Waals surface area contributed by atoms with Crippen LogP contribution in [0.1, 0.15) is 45.4 Å². The van der Waals surface area contributed by atoms with Gasteiger partial charge in [0.25, 0.3) is 0 Å². The molecule has 0 unspecified atom stereocenters. The van der Waals surface area contributed by atoms with Crippen LogP contribution < -0.4 is 27.8 Å². The molecule has 1 aromatic carbocycles. The van der Waals surface area contributed by atoms with Crippen molar-refractivity contribution in [3.8, 4) is 17.0 Å². The van der Waals surface area contributed by atoms with Crippen molar-refractivity contribution in [3.05, 3.63) is 48.9 Å². The Balaban J connectivity index is 0.000000575. The average Bonchev–Trinajstić information content (AvgIpc) is 3.08. The molecule has 2 aromatic heterocycles. The molecule has 0 fully saturated rings. The highest BCUT2D eigenvalue weighted by Crippen LogP contribution is 2.23. The molecule has 2 heterocycles. The average molecular weight is 438 g/mol. The molecule has 0 atom stereocenters. The van der Waals surface area contributed by atoms with Gasteiger partial charge in [0, 0.05) is 11.6 Å². The first-order chi connectivity index (χ1) is 14.3. The summed E-state index contributed by atoms with van der Waals surface area (Å²) in [5.41, 5.74) is 2.40. The summed E-state index contributed by atoms with van der Waals surface area (Å²) in [5, 5.41) is 0. The maximum absolute atomic E-state index is 8.49. The third-order valence-corrected chi connectivity index (χ3v) is 4.67. The van der Waals surface area contributed by atoms with Crippen molar-refractivity contribution < 1.29 is 38.0 Å². The number of hydrogen-bond acceptors (Lipinski definition) is 6. The molecule has 0 N–H and O–H groups in total. The summed E-state index contributed by atoms with van der Waals surface area (Å²) >= 11 is 0. The topological polar surface area (TPSA) is 123 Å². The number of halogens is 1. The Hall–Kier alpha value is -2.23. The number of aryl methyl sites for hydroxylation is 1. The normalized spacial score (nSPS) is 11.3. The zero-order valence-corrected chi connectivity index (χ0v) is 18.1. The highest BCUT2D eigenvalue weighted by molar-refractivity contribution is 5.61. The van der Waals surface area contributed by atoms with E-state index in [4.69, 9.17) is 23.4 Å². The maximum Gasteiger partial charge on any atom is 0.403 e. The van der Waals surface area contributed by atoms with Crippen molar-refractivity contribution in [2.75, 3.05) is 7.11 Å². The molecule has 0 aliphatic heterocycles. The molecule has 3 rings (SSSR count). The van der Waals surface area contributed by atoms with Crippen LogP contribution in [0.25, 0.3) is 17.0 Å². The van der Waals surface area contributed by atoms with Crippen molar-refractivity contribution in [2.45, 2.75) is 52.0 Å². The van der Waals surface area contributed by atoms with E-state index in [-0.39, 0.29) is 0 Å². The predicted octanol–water partition coefficient (Wildman–Crippen LogP) is -0.0981. The zero-order valence-electron chi connectivity index (χ0n) is 17.3. The van der Waals surface area contributed by atoms with Gasteiger partial charge in [0.15, 0.2) is 0 Å². The first kappa shape index (κ1) is 24.0. The Morgan fingerprint density at radius 2 is 1.63 bits per heavy atom. The molecule has 9 heteroatoms. The standard InChI is InChI=1S/C21H28N3O.ClHO4/c1-3-4-5-6-7-8-16-24-20(17-23-15-9-14-22-21(23)24)18-10-12-19(25-2)13-11-18;2-1(3,4)5/h9-15,17H,3-8,16H2,1-2H3;(H,2,3,4,5)/q+1;/p-1. The quantitative estimate of drug-likeness (QED) is 0.340. The first-order valence-electron chi connectivity index (χ1n) is 9.95. The Morgan fingerprint density at radius 3 is 2.27 bits per heavy atom. The van der Waals surface area contributed by atoms with Crippen LogP contribution in [0.15, 0.2) is 48.9 Å². The van der Waals surface area contributed by atoms with E-state index in [9.17, 15) is 0 Å². The van der Waals surface area contributed by atoms with Crippen LogP contribution in [0, 0.1) is 10.2 Å². The third kappa shape index (κ3) is 7.89. The maximum atomic E-state index is 8.49. The van der Waals surface area contributed by atoms with Gasteiger partial charge in [0.1, 0.15) is 23.8 Å². The van der Waals surface area contributed by atoms with Crippen molar-refractivity contribution >= 4 is 5.78 Å². The number of methoxy groups -OCH3 is 1. The van der Waals surface area contributed by atoms with Crippen molar-refractivity contribution in [1.82, 2.24) is 9.55 Å². The van der Waals surface area contributed by atoms with Gasteiger partial charge >= 0.3 is 5.78 Å². The zero-order chi connectivity index (χ0) is 22.0. The molecule has 0 saturated carbocycles. The van der Waals surface area contributed by atoms with Gasteiger partial charge in [-0.2, -0.15) is 0 Å². The molecule has 0 amide bonds. The van der Waals surface area contributed by atoms with Gasteiger partial charge in [-0.1, -0.05) is 44.0 Å². The van der Waals surface area contributed by atoms with Gasteiger partial charge < -0.3 is 4.74 Å². The van der Waals surface area contributed by atoms with Crippen LogP contribution in [-0.2, 0) is 6.54 Å². The summed E-state index contributed by atoms with van der Waals surface area (Å²) in [7, 11) is -3.25. The first-order valence-corrected chi connectivity index (χ1v) is 11.2. The fraction of sp³-hybridized carbons (Fsp3) is 0.429. The lowest BCUT2D eigenvalue weighted by Crippen LogP contribution is -2.68. The van der Waals surface area contributed by atoms with Gasteiger partial charge in [-0.05, 0) is 30.7 Å². The van der Waals surface area contributed by atoms with E-state index < -0.39 is 10.2 Å². The molecule has 0 aliphatic carbocycles. The van der Waals surface area contributed by atoms with Crippen LogP contribution >= 0.6 is 0 Å². The lowest BCUT2D eigenvalue weighted by molar-refractivity contribution is -2.00. The van der Waals surface area contributed by atoms with E-state index in [0.29, 0.717) is 0 Å².